The quantitative estimate of drug-likeness (QED) is 0.773. The summed E-state index contributed by atoms with van der Waals surface area (Å²) in [5, 5.41) is 12.6. The largest absolute Gasteiger partial charge is 0.480 e. The molecule has 2 saturated heterocycles. The molecule has 5 heteroatoms. The molecule has 20 heavy (non-hydrogen) atoms. The summed E-state index contributed by atoms with van der Waals surface area (Å²) in [4.78, 5) is 16.2. The van der Waals surface area contributed by atoms with E-state index in [2.05, 4.69) is 22.2 Å². The number of aliphatic carboxylic acids is 1. The summed E-state index contributed by atoms with van der Waals surface area (Å²) in [7, 11) is 2.24. The minimum Gasteiger partial charge on any atom is -0.480 e. The molecular weight excluding hydrogens is 254 g/mol. The number of piperidine rings is 2. The Morgan fingerprint density at radius 3 is 2.80 bits per heavy atom. The molecule has 3 unspecified atom stereocenters. The van der Waals surface area contributed by atoms with Gasteiger partial charge in [0.05, 0.1) is 0 Å². The van der Waals surface area contributed by atoms with Crippen LogP contribution in [0.1, 0.15) is 32.1 Å². The molecule has 5 nitrogen and oxygen atoms in total. The summed E-state index contributed by atoms with van der Waals surface area (Å²) >= 11 is 0. The highest BCUT2D eigenvalue weighted by molar-refractivity contribution is 5.73. The number of likely N-dealkylation sites (tertiary alicyclic amines) is 2. The molecule has 114 valence electrons. The van der Waals surface area contributed by atoms with Crippen LogP contribution in [0.15, 0.2) is 0 Å². The smallest absolute Gasteiger partial charge is 0.322 e. The summed E-state index contributed by atoms with van der Waals surface area (Å²) in [6, 6.07) is 0.787. The zero-order valence-electron chi connectivity index (χ0n) is 12.4. The first-order valence-corrected chi connectivity index (χ1v) is 8.05. The fraction of sp³-hybridized carbons (Fsp3) is 0.933. The minimum absolute atomic E-state index is 0.389. The molecule has 3 fully saturated rings. The first-order valence-electron chi connectivity index (χ1n) is 8.05. The van der Waals surface area contributed by atoms with E-state index in [1.54, 1.807) is 0 Å². The standard InChI is InChI=1S/C15H27N3O2/c1-17-7-2-3-11-9-18(8-6-14(11)17)10-13(15(19)20)16-12-4-5-12/h11-14,16H,2-10H2,1H3,(H,19,20). The minimum atomic E-state index is -0.695. The van der Waals surface area contributed by atoms with E-state index in [0.717, 1.165) is 37.9 Å². The summed E-state index contributed by atoms with van der Waals surface area (Å²) in [6.07, 6.45) is 6.06. The predicted octanol–water partition coefficient (Wildman–Crippen LogP) is 0.608. The Morgan fingerprint density at radius 1 is 1.30 bits per heavy atom. The summed E-state index contributed by atoms with van der Waals surface area (Å²) < 4.78 is 0. The van der Waals surface area contributed by atoms with Crippen LogP contribution in [0, 0.1) is 5.92 Å². The average molecular weight is 281 g/mol. The molecule has 3 aliphatic rings. The molecule has 0 bridgehead atoms. The van der Waals surface area contributed by atoms with Crippen molar-refractivity contribution in [3.63, 3.8) is 0 Å². The first kappa shape index (κ1) is 14.3. The number of nitrogens with one attached hydrogen (secondary N) is 1. The molecule has 0 aromatic rings. The zero-order valence-corrected chi connectivity index (χ0v) is 12.4. The normalized spacial score (nSPS) is 33.6. The van der Waals surface area contributed by atoms with Gasteiger partial charge in [0.15, 0.2) is 0 Å². The highest BCUT2D eigenvalue weighted by Crippen LogP contribution is 2.29. The third kappa shape index (κ3) is 3.32. The second-order valence-electron chi connectivity index (χ2n) is 6.83. The second kappa shape index (κ2) is 6.00. The van der Waals surface area contributed by atoms with Gasteiger partial charge in [0.25, 0.3) is 0 Å². The predicted molar refractivity (Wildman–Crippen MR) is 77.8 cm³/mol. The lowest BCUT2D eigenvalue weighted by Crippen LogP contribution is -2.56. The van der Waals surface area contributed by atoms with Gasteiger partial charge < -0.3 is 20.2 Å². The van der Waals surface area contributed by atoms with Gasteiger partial charge in [-0.25, -0.2) is 0 Å². The van der Waals surface area contributed by atoms with Gasteiger partial charge in [-0.15, -0.1) is 0 Å². The van der Waals surface area contributed by atoms with Gasteiger partial charge in [0.2, 0.25) is 0 Å². The maximum Gasteiger partial charge on any atom is 0.322 e. The van der Waals surface area contributed by atoms with Gasteiger partial charge in [-0.2, -0.15) is 0 Å². The van der Waals surface area contributed by atoms with Crippen LogP contribution in [0.3, 0.4) is 0 Å². The Hall–Kier alpha value is -0.650. The molecule has 1 saturated carbocycles. The van der Waals surface area contributed by atoms with Crippen molar-refractivity contribution in [2.45, 2.75) is 50.2 Å². The van der Waals surface area contributed by atoms with Gasteiger partial charge in [0.1, 0.15) is 6.04 Å². The molecule has 0 radical (unpaired) electrons. The van der Waals surface area contributed by atoms with E-state index in [4.69, 9.17) is 0 Å². The molecule has 2 heterocycles. The van der Waals surface area contributed by atoms with Crippen molar-refractivity contribution in [2.75, 3.05) is 33.2 Å². The molecule has 3 rings (SSSR count). The lowest BCUT2D eigenvalue weighted by molar-refractivity contribution is -0.140. The van der Waals surface area contributed by atoms with E-state index in [9.17, 15) is 9.90 Å². The number of carboxylic acid groups (broad SMARTS) is 1. The van der Waals surface area contributed by atoms with Crippen LogP contribution >= 0.6 is 0 Å². The van der Waals surface area contributed by atoms with Crippen molar-refractivity contribution in [2.24, 2.45) is 5.92 Å². The lowest BCUT2D eigenvalue weighted by atomic mass is 9.84. The highest BCUT2D eigenvalue weighted by atomic mass is 16.4. The fourth-order valence-corrected chi connectivity index (χ4v) is 3.89. The van der Waals surface area contributed by atoms with Crippen molar-refractivity contribution >= 4 is 5.97 Å². The Morgan fingerprint density at radius 2 is 2.10 bits per heavy atom. The van der Waals surface area contributed by atoms with Crippen molar-refractivity contribution in [1.82, 2.24) is 15.1 Å². The maximum atomic E-state index is 11.4. The molecule has 2 aliphatic heterocycles. The Kier molecular flexibility index (Phi) is 4.29. The molecule has 0 spiro atoms. The van der Waals surface area contributed by atoms with Crippen molar-refractivity contribution in [3.05, 3.63) is 0 Å². The molecule has 0 aromatic carbocycles. The summed E-state index contributed by atoms with van der Waals surface area (Å²) in [5.74, 6) is 0.0395. The molecular formula is C15H27N3O2. The van der Waals surface area contributed by atoms with Crippen LogP contribution in [-0.4, -0.2) is 72.2 Å². The number of hydrogen-bond acceptors (Lipinski definition) is 4. The third-order valence-corrected chi connectivity index (χ3v) is 5.18. The van der Waals surface area contributed by atoms with Crippen LogP contribution in [0.25, 0.3) is 0 Å². The number of hydrogen-bond donors (Lipinski definition) is 2. The van der Waals surface area contributed by atoms with Crippen LogP contribution in [0.4, 0.5) is 0 Å². The van der Waals surface area contributed by atoms with Gasteiger partial charge >= 0.3 is 5.97 Å². The van der Waals surface area contributed by atoms with Crippen LogP contribution in [0.5, 0.6) is 0 Å². The number of fused-ring (bicyclic) bond motifs is 1. The molecule has 0 amide bonds. The van der Waals surface area contributed by atoms with Crippen LogP contribution in [-0.2, 0) is 4.79 Å². The summed E-state index contributed by atoms with van der Waals surface area (Å²) in [6.45, 7) is 4.01. The average Bonchev–Trinajstić information content (AvgIpc) is 3.22. The molecule has 2 N–H and O–H groups in total. The maximum absolute atomic E-state index is 11.4. The van der Waals surface area contributed by atoms with Gasteiger partial charge in [-0.1, -0.05) is 0 Å². The third-order valence-electron chi connectivity index (χ3n) is 5.18. The number of nitrogens with zero attached hydrogens (tertiary/aromatic N) is 2. The summed E-state index contributed by atoms with van der Waals surface area (Å²) in [5.41, 5.74) is 0. The Labute approximate surface area is 121 Å². The van der Waals surface area contributed by atoms with Crippen molar-refractivity contribution in [3.8, 4) is 0 Å². The topological polar surface area (TPSA) is 55.8 Å². The van der Waals surface area contributed by atoms with Gasteiger partial charge in [-0.05, 0) is 58.2 Å². The van der Waals surface area contributed by atoms with Crippen LogP contribution < -0.4 is 5.32 Å². The number of rotatable bonds is 5. The Balaban J connectivity index is 1.53. The zero-order chi connectivity index (χ0) is 14.1. The molecule has 1 aliphatic carbocycles. The molecule has 0 aromatic heterocycles. The van der Waals surface area contributed by atoms with Crippen molar-refractivity contribution in [1.29, 1.82) is 0 Å². The molecule has 3 atom stereocenters. The fourth-order valence-electron chi connectivity index (χ4n) is 3.89. The SMILES string of the molecule is CN1CCCC2CN(CC(NC3CC3)C(=O)O)CCC21. The van der Waals surface area contributed by atoms with E-state index in [0.29, 0.717) is 12.6 Å². The van der Waals surface area contributed by atoms with E-state index in [-0.39, 0.29) is 6.04 Å². The number of carboxylic acids is 1. The number of carbonyl (C=O) groups is 1. The van der Waals surface area contributed by atoms with Gasteiger partial charge in [-0.3, -0.25) is 4.79 Å². The van der Waals surface area contributed by atoms with Crippen molar-refractivity contribution < 1.29 is 9.90 Å². The van der Waals surface area contributed by atoms with E-state index < -0.39 is 5.97 Å². The van der Waals surface area contributed by atoms with E-state index in [1.165, 1.54) is 25.8 Å². The van der Waals surface area contributed by atoms with E-state index >= 15 is 0 Å². The van der Waals surface area contributed by atoms with Gasteiger partial charge in [0, 0.05) is 25.2 Å². The Bertz CT molecular complexity index is 359. The lowest BCUT2D eigenvalue weighted by Gasteiger charge is -2.46. The van der Waals surface area contributed by atoms with Crippen LogP contribution in [0.2, 0.25) is 0 Å². The van der Waals surface area contributed by atoms with E-state index in [1.807, 2.05) is 0 Å². The highest BCUT2D eigenvalue weighted by Gasteiger charge is 2.36. The first-order chi connectivity index (χ1) is 9.63. The monoisotopic (exact) mass is 281 g/mol. The second-order valence-corrected chi connectivity index (χ2v) is 6.83.